The van der Waals surface area contributed by atoms with Crippen LogP contribution >= 0.6 is 23.7 Å². The molecule has 0 radical (unpaired) electrons. The van der Waals surface area contributed by atoms with Crippen molar-refractivity contribution in [2.45, 2.75) is 37.6 Å². The van der Waals surface area contributed by atoms with Crippen molar-refractivity contribution in [2.24, 2.45) is 0 Å². The molecule has 1 saturated carbocycles. The zero-order valence-corrected chi connectivity index (χ0v) is 15.3. The summed E-state index contributed by atoms with van der Waals surface area (Å²) in [7, 11) is 0. The molecule has 0 unspecified atom stereocenters. The largest absolute Gasteiger partial charge is 0.356 e. The Bertz CT molecular complexity index is 830. The van der Waals surface area contributed by atoms with Gasteiger partial charge in [0.05, 0.1) is 17.2 Å². The minimum atomic E-state index is 0.300. The Hall–Kier alpha value is -1.76. The summed E-state index contributed by atoms with van der Waals surface area (Å²) < 4.78 is 6.86. The fourth-order valence-corrected chi connectivity index (χ4v) is 4.19. The molecule has 5 nitrogen and oxygen atoms in total. The zero-order valence-electron chi connectivity index (χ0n) is 13.7. The van der Waals surface area contributed by atoms with Gasteiger partial charge in [0.2, 0.25) is 5.28 Å². The topological polar surface area (TPSA) is 65.6 Å². The van der Waals surface area contributed by atoms with Gasteiger partial charge >= 0.3 is 0 Å². The monoisotopic (exact) mass is 373 g/mol. The van der Waals surface area contributed by atoms with Crippen molar-refractivity contribution in [3.8, 4) is 0 Å². The Balaban J connectivity index is 1.28. The van der Waals surface area contributed by atoms with Crippen LogP contribution in [-0.2, 0) is 0 Å². The SMILES string of the molecule is Clc1ncc2[nH]c(C3CCC(NSNc4ccccc4)CC3)cc2n1. The predicted molar refractivity (Wildman–Crippen MR) is 105 cm³/mol. The second-order valence-electron chi connectivity index (χ2n) is 6.40. The smallest absolute Gasteiger partial charge is 0.223 e. The summed E-state index contributed by atoms with van der Waals surface area (Å²) in [5.41, 5.74) is 4.23. The van der Waals surface area contributed by atoms with Gasteiger partial charge in [-0.1, -0.05) is 18.2 Å². The first-order chi connectivity index (χ1) is 12.3. The highest BCUT2D eigenvalue weighted by Gasteiger charge is 2.23. The van der Waals surface area contributed by atoms with E-state index in [1.807, 2.05) is 18.2 Å². The van der Waals surface area contributed by atoms with Crippen LogP contribution in [0.2, 0.25) is 5.28 Å². The van der Waals surface area contributed by atoms with Gasteiger partial charge in [-0.15, -0.1) is 0 Å². The summed E-state index contributed by atoms with van der Waals surface area (Å²) in [6.07, 6.45) is 6.41. The Morgan fingerprint density at radius 2 is 1.92 bits per heavy atom. The third-order valence-electron chi connectivity index (χ3n) is 4.70. The van der Waals surface area contributed by atoms with Crippen molar-refractivity contribution >= 4 is 40.5 Å². The fraction of sp³-hybridized carbons (Fsp3) is 0.333. The molecule has 4 rings (SSSR count). The van der Waals surface area contributed by atoms with Gasteiger partial charge in [0.1, 0.15) is 0 Å². The minimum absolute atomic E-state index is 0.300. The molecule has 0 atom stereocenters. The number of aromatic nitrogens is 3. The lowest BCUT2D eigenvalue weighted by atomic mass is 9.84. The standard InChI is InChI=1S/C18H20ClN5S/c19-18-20-11-17-16(22-18)10-15(21-17)12-6-8-14(9-7-12)24-25-23-13-4-2-1-3-5-13/h1-5,10-12,14,21,23-24H,6-9H2. The summed E-state index contributed by atoms with van der Waals surface area (Å²) in [4.78, 5) is 11.8. The molecular formula is C18H20ClN5S. The van der Waals surface area contributed by atoms with Gasteiger partial charge in [0.25, 0.3) is 0 Å². The summed E-state index contributed by atoms with van der Waals surface area (Å²) in [6.45, 7) is 0. The fourth-order valence-electron chi connectivity index (χ4n) is 3.34. The van der Waals surface area contributed by atoms with Gasteiger partial charge in [0, 0.05) is 29.6 Å². The number of H-pyrrole nitrogens is 1. The van der Waals surface area contributed by atoms with E-state index in [0.717, 1.165) is 42.4 Å². The molecule has 25 heavy (non-hydrogen) atoms. The van der Waals surface area contributed by atoms with Crippen LogP contribution in [0.3, 0.4) is 0 Å². The van der Waals surface area contributed by atoms with Crippen molar-refractivity contribution in [3.63, 3.8) is 0 Å². The van der Waals surface area contributed by atoms with Crippen molar-refractivity contribution in [2.75, 3.05) is 4.72 Å². The molecule has 0 aliphatic heterocycles. The zero-order chi connectivity index (χ0) is 17.1. The summed E-state index contributed by atoms with van der Waals surface area (Å²) in [5.74, 6) is 0.554. The molecule has 3 aromatic rings. The molecule has 1 fully saturated rings. The number of hydrogen-bond acceptors (Lipinski definition) is 5. The second kappa shape index (κ2) is 7.64. The first-order valence-electron chi connectivity index (χ1n) is 8.51. The van der Waals surface area contributed by atoms with Crippen molar-refractivity contribution < 1.29 is 0 Å². The highest BCUT2D eigenvalue weighted by molar-refractivity contribution is 7.98. The first-order valence-corrected chi connectivity index (χ1v) is 9.71. The minimum Gasteiger partial charge on any atom is -0.356 e. The lowest BCUT2D eigenvalue weighted by molar-refractivity contribution is 0.378. The molecule has 1 aliphatic carbocycles. The maximum atomic E-state index is 5.87. The average molecular weight is 374 g/mol. The lowest BCUT2D eigenvalue weighted by Gasteiger charge is -2.28. The summed E-state index contributed by atoms with van der Waals surface area (Å²) >= 11 is 7.45. The van der Waals surface area contributed by atoms with Crippen LogP contribution < -0.4 is 9.44 Å². The van der Waals surface area contributed by atoms with E-state index in [-0.39, 0.29) is 0 Å². The Morgan fingerprint density at radius 1 is 1.12 bits per heavy atom. The van der Waals surface area contributed by atoms with Gasteiger partial charge in [-0.05, 0) is 61.4 Å². The molecule has 0 bridgehead atoms. The van der Waals surface area contributed by atoms with Gasteiger partial charge in [0.15, 0.2) is 0 Å². The van der Waals surface area contributed by atoms with Crippen LogP contribution in [0.15, 0.2) is 42.6 Å². The van der Waals surface area contributed by atoms with Crippen molar-refractivity contribution in [3.05, 3.63) is 53.6 Å². The molecule has 3 N–H and O–H groups in total. The number of fused-ring (bicyclic) bond motifs is 1. The van der Waals surface area contributed by atoms with Gasteiger partial charge in [-0.3, -0.25) is 0 Å². The number of halogens is 1. The van der Waals surface area contributed by atoms with Gasteiger partial charge < -0.3 is 9.71 Å². The Kier molecular flexibility index (Phi) is 5.10. The third kappa shape index (κ3) is 4.08. The molecule has 2 heterocycles. The van der Waals surface area contributed by atoms with E-state index in [0.29, 0.717) is 17.2 Å². The molecule has 1 aromatic carbocycles. The maximum absolute atomic E-state index is 5.87. The van der Waals surface area contributed by atoms with Crippen LogP contribution in [0, 0.1) is 0 Å². The number of anilines is 1. The lowest BCUT2D eigenvalue weighted by Crippen LogP contribution is -2.29. The number of nitrogens with one attached hydrogen (secondary N) is 3. The van der Waals surface area contributed by atoms with E-state index in [2.05, 4.69) is 42.6 Å². The third-order valence-corrected chi connectivity index (χ3v) is 5.67. The van der Waals surface area contributed by atoms with E-state index in [1.165, 1.54) is 5.69 Å². The van der Waals surface area contributed by atoms with Crippen LogP contribution in [0.5, 0.6) is 0 Å². The van der Waals surface area contributed by atoms with E-state index in [4.69, 9.17) is 11.6 Å². The van der Waals surface area contributed by atoms with E-state index >= 15 is 0 Å². The van der Waals surface area contributed by atoms with E-state index in [9.17, 15) is 0 Å². The van der Waals surface area contributed by atoms with Crippen LogP contribution in [0.4, 0.5) is 5.69 Å². The number of rotatable bonds is 5. The number of benzene rings is 1. The summed E-state index contributed by atoms with van der Waals surface area (Å²) in [5, 5.41) is 0.300. The number of nitrogens with zero attached hydrogens (tertiary/aromatic N) is 2. The molecule has 0 spiro atoms. The molecule has 7 heteroatoms. The molecule has 130 valence electrons. The number of para-hydroxylation sites is 1. The second-order valence-corrected chi connectivity index (χ2v) is 7.38. The number of aromatic amines is 1. The quantitative estimate of drug-likeness (QED) is 0.438. The molecule has 2 aromatic heterocycles. The molecule has 1 aliphatic rings. The molecule has 0 amide bonds. The number of hydrogen-bond donors (Lipinski definition) is 3. The maximum Gasteiger partial charge on any atom is 0.223 e. The normalized spacial score (nSPS) is 20.7. The van der Waals surface area contributed by atoms with Gasteiger partial charge in [-0.2, -0.15) is 0 Å². The van der Waals surface area contributed by atoms with Crippen LogP contribution in [0.1, 0.15) is 37.3 Å². The summed E-state index contributed by atoms with van der Waals surface area (Å²) in [6, 6.07) is 12.9. The first kappa shape index (κ1) is 16.7. The van der Waals surface area contributed by atoms with Crippen molar-refractivity contribution in [1.29, 1.82) is 0 Å². The van der Waals surface area contributed by atoms with Crippen LogP contribution in [-0.4, -0.2) is 21.0 Å². The Labute approximate surface area is 156 Å². The average Bonchev–Trinajstić information content (AvgIpc) is 3.06. The van der Waals surface area contributed by atoms with Gasteiger partial charge in [-0.25, -0.2) is 14.7 Å². The van der Waals surface area contributed by atoms with Crippen LogP contribution in [0.25, 0.3) is 11.0 Å². The van der Waals surface area contributed by atoms with E-state index in [1.54, 1.807) is 18.3 Å². The highest BCUT2D eigenvalue weighted by atomic mass is 35.5. The Morgan fingerprint density at radius 3 is 2.72 bits per heavy atom. The predicted octanol–water partition coefficient (Wildman–Crippen LogP) is 4.90. The molecule has 0 saturated heterocycles. The van der Waals surface area contributed by atoms with Crippen molar-refractivity contribution in [1.82, 2.24) is 19.7 Å². The highest BCUT2D eigenvalue weighted by Crippen LogP contribution is 2.34. The van der Waals surface area contributed by atoms with E-state index < -0.39 is 0 Å². The molecular weight excluding hydrogens is 354 g/mol.